The van der Waals surface area contributed by atoms with E-state index in [2.05, 4.69) is 20.3 Å². The predicted molar refractivity (Wildman–Crippen MR) is 90.1 cm³/mol. The van der Waals surface area contributed by atoms with Gasteiger partial charge in [0.2, 0.25) is 5.91 Å². The Balaban J connectivity index is 1.53. The van der Waals surface area contributed by atoms with Crippen molar-refractivity contribution < 1.29 is 18.3 Å². The van der Waals surface area contributed by atoms with Gasteiger partial charge in [-0.3, -0.25) is 4.79 Å². The lowest BCUT2D eigenvalue weighted by atomic mass is 10.3. The summed E-state index contributed by atoms with van der Waals surface area (Å²) in [6.45, 7) is -0.0650. The van der Waals surface area contributed by atoms with E-state index in [1.807, 2.05) is 11.5 Å². The fourth-order valence-corrected chi connectivity index (χ4v) is 3.20. The number of anilines is 1. The number of thioether (sulfide) groups is 1. The van der Waals surface area contributed by atoms with Crippen molar-refractivity contribution in [2.24, 2.45) is 0 Å². The fraction of sp³-hybridized carbons (Fsp3) is 0.438. The smallest absolute Gasteiger partial charge is 0.387 e. The molecule has 1 aromatic heterocycles. The van der Waals surface area contributed by atoms with Gasteiger partial charge in [0.15, 0.2) is 5.16 Å². The SMILES string of the molecule is CCn1c(SCC(=O)Nc2ccc(OC(F)F)cc2)nnc1C1CC1. The maximum atomic E-state index is 12.1. The molecule has 25 heavy (non-hydrogen) atoms. The molecule has 1 aliphatic carbocycles. The van der Waals surface area contributed by atoms with Crippen LogP contribution in [0.15, 0.2) is 29.4 Å². The van der Waals surface area contributed by atoms with Crippen molar-refractivity contribution in [3.63, 3.8) is 0 Å². The molecule has 2 aromatic rings. The molecule has 0 saturated heterocycles. The number of rotatable bonds is 8. The number of nitrogens with one attached hydrogen (secondary N) is 1. The van der Waals surface area contributed by atoms with Gasteiger partial charge in [-0.1, -0.05) is 11.8 Å². The molecule has 134 valence electrons. The first-order valence-electron chi connectivity index (χ1n) is 7.97. The van der Waals surface area contributed by atoms with Gasteiger partial charge in [0, 0.05) is 18.2 Å². The van der Waals surface area contributed by atoms with E-state index in [1.54, 1.807) is 0 Å². The van der Waals surface area contributed by atoms with Gasteiger partial charge in [0.1, 0.15) is 11.6 Å². The molecule has 0 atom stereocenters. The van der Waals surface area contributed by atoms with Crippen LogP contribution >= 0.6 is 11.8 Å². The summed E-state index contributed by atoms with van der Waals surface area (Å²) in [6, 6.07) is 5.79. The highest BCUT2D eigenvalue weighted by Crippen LogP contribution is 2.39. The Labute approximate surface area is 148 Å². The zero-order valence-corrected chi connectivity index (χ0v) is 14.4. The number of amides is 1. The van der Waals surface area contributed by atoms with Gasteiger partial charge in [0.25, 0.3) is 0 Å². The number of carbonyl (C=O) groups excluding carboxylic acids is 1. The van der Waals surface area contributed by atoms with Crippen LogP contribution in [0.25, 0.3) is 0 Å². The number of alkyl halides is 2. The molecular formula is C16H18F2N4O2S. The van der Waals surface area contributed by atoms with Crippen molar-refractivity contribution >= 4 is 23.4 Å². The number of hydrogen-bond donors (Lipinski definition) is 1. The summed E-state index contributed by atoms with van der Waals surface area (Å²) in [5, 5.41) is 11.9. The minimum absolute atomic E-state index is 0.0472. The van der Waals surface area contributed by atoms with Crippen LogP contribution in [0.5, 0.6) is 5.75 Å². The van der Waals surface area contributed by atoms with Crippen molar-refractivity contribution in [1.29, 1.82) is 0 Å². The minimum atomic E-state index is -2.87. The molecule has 0 aliphatic heterocycles. The summed E-state index contributed by atoms with van der Waals surface area (Å²) < 4.78 is 30.5. The molecule has 6 nitrogen and oxygen atoms in total. The van der Waals surface area contributed by atoms with Crippen molar-refractivity contribution in [1.82, 2.24) is 14.8 Å². The van der Waals surface area contributed by atoms with Crippen molar-refractivity contribution in [3.8, 4) is 5.75 Å². The van der Waals surface area contributed by atoms with Crippen LogP contribution < -0.4 is 10.1 Å². The molecule has 1 heterocycles. The number of carbonyl (C=O) groups is 1. The van der Waals surface area contributed by atoms with Crippen LogP contribution in [0.3, 0.4) is 0 Å². The number of halogens is 2. The third-order valence-corrected chi connectivity index (χ3v) is 4.67. The topological polar surface area (TPSA) is 69.0 Å². The van der Waals surface area contributed by atoms with Crippen molar-refractivity contribution in [2.75, 3.05) is 11.1 Å². The average molecular weight is 368 g/mol. The molecule has 1 aliphatic rings. The number of ether oxygens (including phenoxy) is 1. The Kier molecular flexibility index (Phi) is 5.52. The number of benzene rings is 1. The van der Waals surface area contributed by atoms with Gasteiger partial charge in [-0.25, -0.2) is 0 Å². The first-order chi connectivity index (χ1) is 12.1. The van der Waals surface area contributed by atoms with Gasteiger partial charge < -0.3 is 14.6 Å². The van der Waals surface area contributed by atoms with Crippen LogP contribution in [-0.2, 0) is 11.3 Å². The third kappa shape index (κ3) is 4.68. The Hall–Kier alpha value is -2.16. The van der Waals surface area contributed by atoms with E-state index < -0.39 is 6.61 Å². The van der Waals surface area contributed by atoms with E-state index in [9.17, 15) is 13.6 Å². The highest BCUT2D eigenvalue weighted by molar-refractivity contribution is 7.99. The molecule has 1 N–H and O–H groups in total. The lowest BCUT2D eigenvalue weighted by Gasteiger charge is -2.08. The monoisotopic (exact) mass is 368 g/mol. The van der Waals surface area contributed by atoms with Crippen LogP contribution in [-0.4, -0.2) is 33.0 Å². The lowest BCUT2D eigenvalue weighted by molar-refractivity contribution is -0.113. The van der Waals surface area contributed by atoms with Crippen LogP contribution in [0.4, 0.5) is 14.5 Å². The number of hydrogen-bond acceptors (Lipinski definition) is 5. The van der Waals surface area contributed by atoms with E-state index in [0.717, 1.165) is 30.4 Å². The largest absolute Gasteiger partial charge is 0.435 e. The molecule has 0 bridgehead atoms. The summed E-state index contributed by atoms with van der Waals surface area (Å²) in [7, 11) is 0. The summed E-state index contributed by atoms with van der Waals surface area (Å²) in [6.07, 6.45) is 2.29. The van der Waals surface area contributed by atoms with Crippen LogP contribution in [0.1, 0.15) is 31.5 Å². The Morgan fingerprint density at radius 3 is 2.68 bits per heavy atom. The van der Waals surface area contributed by atoms with E-state index in [4.69, 9.17) is 0 Å². The third-order valence-electron chi connectivity index (χ3n) is 3.70. The minimum Gasteiger partial charge on any atom is -0.435 e. The van der Waals surface area contributed by atoms with Crippen LogP contribution in [0, 0.1) is 0 Å². The highest BCUT2D eigenvalue weighted by Gasteiger charge is 2.30. The zero-order chi connectivity index (χ0) is 17.8. The molecule has 0 unspecified atom stereocenters. The zero-order valence-electron chi connectivity index (χ0n) is 13.6. The predicted octanol–water partition coefficient (Wildman–Crippen LogP) is 3.51. The fourth-order valence-electron chi connectivity index (χ4n) is 2.39. The number of aromatic nitrogens is 3. The maximum absolute atomic E-state index is 12.1. The van der Waals surface area contributed by atoms with Gasteiger partial charge in [-0.05, 0) is 44.0 Å². The second-order valence-electron chi connectivity index (χ2n) is 5.60. The van der Waals surface area contributed by atoms with Gasteiger partial charge in [-0.15, -0.1) is 10.2 Å². The molecule has 1 saturated carbocycles. The van der Waals surface area contributed by atoms with Gasteiger partial charge in [0.05, 0.1) is 5.75 Å². The molecule has 3 rings (SSSR count). The lowest BCUT2D eigenvalue weighted by Crippen LogP contribution is -2.14. The molecule has 9 heteroatoms. The molecule has 0 spiro atoms. The van der Waals surface area contributed by atoms with E-state index in [0.29, 0.717) is 11.6 Å². The molecule has 1 fully saturated rings. The summed E-state index contributed by atoms with van der Waals surface area (Å²) in [5.41, 5.74) is 0.517. The average Bonchev–Trinajstić information content (AvgIpc) is 3.34. The van der Waals surface area contributed by atoms with Crippen molar-refractivity contribution in [3.05, 3.63) is 30.1 Å². The summed E-state index contributed by atoms with van der Waals surface area (Å²) >= 11 is 1.33. The highest BCUT2D eigenvalue weighted by atomic mass is 32.2. The van der Waals surface area contributed by atoms with Crippen molar-refractivity contribution in [2.45, 2.75) is 44.0 Å². The first kappa shape index (κ1) is 17.7. The number of nitrogens with zero attached hydrogens (tertiary/aromatic N) is 3. The summed E-state index contributed by atoms with van der Waals surface area (Å²) in [4.78, 5) is 12.1. The molecule has 0 radical (unpaired) electrons. The normalized spacial score (nSPS) is 13.9. The molecule has 1 aromatic carbocycles. The standard InChI is InChI=1S/C16H18F2N4O2S/c1-2-22-14(10-3-4-10)20-21-16(22)25-9-13(23)19-11-5-7-12(8-6-11)24-15(17)18/h5-8,10,15H,2-4,9H2,1H3,(H,19,23). The van der Waals surface area contributed by atoms with E-state index in [1.165, 1.54) is 36.0 Å². The Bertz CT molecular complexity index is 732. The van der Waals surface area contributed by atoms with Crippen LogP contribution in [0.2, 0.25) is 0 Å². The van der Waals surface area contributed by atoms with E-state index >= 15 is 0 Å². The second-order valence-corrected chi connectivity index (χ2v) is 6.54. The molecule has 1 amide bonds. The quantitative estimate of drug-likeness (QED) is 0.722. The second kappa shape index (κ2) is 7.81. The molecular weight excluding hydrogens is 350 g/mol. The Morgan fingerprint density at radius 2 is 2.08 bits per heavy atom. The Morgan fingerprint density at radius 1 is 1.36 bits per heavy atom. The summed E-state index contributed by atoms with van der Waals surface area (Å²) in [5.74, 6) is 1.54. The first-order valence-corrected chi connectivity index (χ1v) is 8.96. The van der Waals surface area contributed by atoms with Gasteiger partial charge >= 0.3 is 6.61 Å². The van der Waals surface area contributed by atoms with Gasteiger partial charge in [-0.2, -0.15) is 8.78 Å². The maximum Gasteiger partial charge on any atom is 0.387 e. The van der Waals surface area contributed by atoms with E-state index in [-0.39, 0.29) is 17.4 Å².